The van der Waals surface area contributed by atoms with Gasteiger partial charge in [0, 0.05) is 4.92 Å². The van der Waals surface area contributed by atoms with Gasteiger partial charge in [0.05, 0.1) is 6.54 Å². The summed E-state index contributed by atoms with van der Waals surface area (Å²) in [5.74, 6) is 0. The van der Waals surface area contributed by atoms with Gasteiger partial charge in [0.15, 0.2) is 0 Å². The van der Waals surface area contributed by atoms with Gasteiger partial charge in [-0.05, 0) is 0 Å². The lowest BCUT2D eigenvalue weighted by molar-refractivity contribution is -0.573. The summed E-state index contributed by atoms with van der Waals surface area (Å²) in [5, 5.41) is 27.1. The SMILES string of the molecule is NCC(CO)(CO)[N+](=O)[O-]. The molecular formula is C4H10N2O4. The maximum absolute atomic E-state index is 10.1. The van der Waals surface area contributed by atoms with E-state index in [1.54, 1.807) is 0 Å². The van der Waals surface area contributed by atoms with Gasteiger partial charge in [-0.2, -0.15) is 0 Å². The highest BCUT2D eigenvalue weighted by atomic mass is 16.6. The Hall–Kier alpha value is -0.720. The Morgan fingerprint density at radius 3 is 1.90 bits per heavy atom. The normalized spacial score (nSPS) is 11.5. The first kappa shape index (κ1) is 9.28. The van der Waals surface area contributed by atoms with Crippen molar-refractivity contribution in [3.8, 4) is 0 Å². The summed E-state index contributed by atoms with van der Waals surface area (Å²) < 4.78 is 0. The van der Waals surface area contributed by atoms with Crippen molar-refractivity contribution in [3.05, 3.63) is 10.1 Å². The standard InChI is InChI=1S/C4H10N2O4/c5-1-4(2-7,3-8)6(9)10/h7-8H,1-3,5H2. The van der Waals surface area contributed by atoms with Gasteiger partial charge >= 0.3 is 0 Å². The minimum absolute atomic E-state index is 0.368. The molecule has 0 amide bonds. The maximum atomic E-state index is 10.1. The van der Waals surface area contributed by atoms with Crippen molar-refractivity contribution in [1.29, 1.82) is 0 Å². The fourth-order valence-electron chi connectivity index (χ4n) is 0.369. The molecule has 0 unspecified atom stereocenters. The second kappa shape index (κ2) is 3.45. The molecule has 0 rings (SSSR count). The summed E-state index contributed by atoms with van der Waals surface area (Å²) in [5.41, 5.74) is 3.20. The zero-order valence-electron chi connectivity index (χ0n) is 5.36. The summed E-state index contributed by atoms with van der Waals surface area (Å²) >= 11 is 0. The fourth-order valence-corrected chi connectivity index (χ4v) is 0.369. The van der Waals surface area contributed by atoms with E-state index in [1.165, 1.54) is 0 Å². The molecule has 0 aliphatic heterocycles. The van der Waals surface area contributed by atoms with E-state index in [9.17, 15) is 10.1 Å². The smallest absolute Gasteiger partial charge is 0.279 e. The second-order valence-corrected chi connectivity index (χ2v) is 2.00. The Labute approximate surface area is 57.4 Å². The highest BCUT2D eigenvalue weighted by Crippen LogP contribution is 2.04. The van der Waals surface area contributed by atoms with Crippen LogP contribution in [0.25, 0.3) is 0 Å². The lowest BCUT2D eigenvalue weighted by atomic mass is 10.0. The zero-order valence-corrected chi connectivity index (χ0v) is 5.36. The molecule has 6 nitrogen and oxygen atoms in total. The number of nitro groups is 1. The van der Waals surface area contributed by atoms with Gasteiger partial charge in [-0.3, -0.25) is 10.1 Å². The van der Waals surface area contributed by atoms with Gasteiger partial charge in [0.25, 0.3) is 5.54 Å². The van der Waals surface area contributed by atoms with Crippen LogP contribution in [0.3, 0.4) is 0 Å². The summed E-state index contributed by atoms with van der Waals surface area (Å²) in [6.07, 6.45) is 0. The molecule has 6 heteroatoms. The van der Waals surface area contributed by atoms with Crippen molar-refractivity contribution in [2.75, 3.05) is 19.8 Å². The molecular weight excluding hydrogens is 140 g/mol. The zero-order chi connectivity index (χ0) is 8.20. The molecule has 0 aliphatic carbocycles. The number of hydrogen-bond donors (Lipinski definition) is 3. The van der Waals surface area contributed by atoms with Crippen molar-refractivity contribution < 1.29 is 15.1 Å². The Morgan fingerprint density at radius 2 is 1.90 bits per heavy atom. The van der Waals surface area contributed by atoms with Crippen molar-refractivity contribution in [2.24, 2.45) is 5.73 Å². The van der Waals surface area contributed by atoms with E-state index in [2.05, 4.69) is 0 Å². The predicted octanol–water partition coefficient (Wildman–Crippen LogP) is -2.05. The maximum Gasteiger partial charge on any atom is 0.279 e. The molecule has 60 valence electrons. The third-order valence-corrected chi connectivity index (χ3v) is 1.36. The molecule has 0 saturated carbocycles. The van der Waals surface area contributed by atoms with Crippen LogP contribution in [0.15, 0.2) is 0 Å². The summed E-state index contributed by atoms with van der Waals surface area (Å²) in [6.45, 7) is -1.85. The molecule has 0 aromatic rings. The topological polar surface area (TPSA) is 110 Å². The first-order chi connectivity index (χ1) is 4.63. The van der Waals surface area contributed by atoms with E-state index in [-0.39, 0.29) is 6.54 Å². The van der Waals surface area contributed by atoms with Crippen LogP contribution in [0.1, 0.15) is 0 Å². The molecule has 4 N–H and O–H groups in total. The number of hydrogen-bond acceptors (Lipinski definition) is 5. The number of nitrogens with two attached hydrogens (primary N) is 1. The summed E-state index contributed by atoms with van der Waals surface area (Å²) in [6, 6.07) is 0. The number of nitrogens with zero attached hydrogens (tertiary/aromatic N) is 1. The number of aliphatic hydroxyl groups excluding tert-OH is 2. The van der Waals surface area contributed by atoms with Gasteiger partial charge < -0.3 is 15.9 Å². The molecule has 0 atom stereocenters. The Bertz CT molecular complexity index is 114. The lowest BCUT2D eigenvalue weighted by Gasteiger charge is -2.17. The molecule has 0 heterocycles. The van der Waals surface area contributed by atoms with Crippen molar-refractivity contribution in [2.45, 2.75) is 5.54 Å². The molecule has 0 aromatic carbocycles. The average molecular weight is 150 g/mol. The van der Waals surface area contributed by atoms with E-state index < -0.39 is 23.7 Å². The van der Waals surface area contributed by atoms with Crippen LogP contribution >= 0.6 is 0 Å². The Morgan fingerprint density at radius 1 is 1.50 bits per heavy atom. The highest BCUT2D eigenvalue weighted by Gasteiger charge is 2.40. The second-order valence-electron chi connectivity index (χ2n) is 2.00. The van der Waals surface area contributed by atoms with E-state index >= 15 is 0 Å². The van der Waals surface area contributed by atoms with Crippen LogP contribution in [0, 0.1) is 10.1 Å². The molecule has 10 heavy (non-hydrogen) atoms. The van der Waals surface area contributed by atoms with E-state index in [4.69, 9.17) is 15.9 Å². The first-order valence-electron chi connectivity index (χ1n) is 2.69. The largest absolute Gasteiger partial charge is 0.389 e. The highest BCUT2D eigenvalue weighted by molar-refractivity contribution is 4.78. The van der Waals surface area contributed by atoms with Crippen LogP contribution < -0.4 is 5.73 Å². The molecule has 0 aliphatic rings. The van der Waals surface area contributed by atoms with E-state index in [0.29, 0.717) is 0 Å². The average Bonchev–Trinajstić information content (AvgIpc) is 1.92. The third kappa shape index (κ3) is 1.41. The first-order valence-corrected chi connectivity index (χ1v) is 2.69. The molecule has 0 radical (unpaired) electrons. The van der Waals surface area contributed by atoms with Crippen LogP contribution in [-0.2, 0) is 0 Å². The fraction of sp³-hybridized carbons (Fsp3) is 1.00. The summed E-state index contributed by atoms with van der Waals surface area (Å²) in [4.78, 5) is 9.35. The van der Waals surface area contributed by atoms with Crippen molar-refractivity contribution in [3.63, 3.8) is 0 Å². The molecule has 0 fully saturated rings. The van der Waals surface area contributed by atoms with Crippen molar-refractivity contribution in [1.82, 2.24) is 0 Å². The molecule has 0 spiro atoms. The van der Waals surface area contributed by atoms with Crippen LogP contribution in [0.2, 0.25) is 0 Å². The number of aliphatic hydroxyl groups is 2. The van der Waals surface area contributed by atoms with E-state index in [1.807, 2.05) is 0 Å². The van der Waals surface area contributed by atoms with Crippen LogP contribution in [-0.4, -0.2) is 40.4 Å². The Balaban J connectivity index is 4.31. The monoisotopic (exact) mass is 150 g/mol. The Kier molecular flexibility index (Phi) is 3.20. The van der Waals surface area contributed by atoms with Gasteiger partial charge in [0.2, 0.25) is 0 Å². The van der Waals surface area contributed by atoms with Gasteiger partial charge in [-0.1, -0.05) is 0 Å². The lowest BCUT2D eigenvalue weighted by Crippen LogP contribution is -2.51. The third-order valence-electron chi connectivity index (χ3n) is 1.36. The summed E-state index contributed by atoms with van der Waals surface area (Å²) in [7, 11) is 0. The van der Waals surface area contributed by atoms with Gasteiger partial charge in [-0.25, -0.2) is 0 Å². The quantitative estimate of drug-likeness (QED) is 0.315. The van der Waals surface area contributed by atoms with Crippen LogP contribution in [0.5, 0.6) is 0 Å². The molecule has 0 saturated heterocycles. The van der Waals surface area contributed by atoms with Gasteiger partial charge in [-0.15, -0.1) is 0 Å². The minimum atomic E-state index is -1.76. The number of rotatable bonds is 4. The molecule has 0 bridgehead atoms. The van der Waals surface area contributed by atoms with Crippen LogP contribution in [0.4, 0.5) is 0 Å². The predicted molar refractivity (Wildman–Crippen MR) is 33.0 cm³/mol. The van der Waals surface area contributed by atoms with Crippen molar-refractivity contribution >= 4 is 0 Å². The van der Waals surface area contributed by atoms with E-state index in [0.717, 1.165) is 0 Å². The minimum Gasteiger partial charge on any atom is -0.389 e. The van der Waals surface area contributed by atoms with Gasteiger partial charge in [0.1, 0.15) is 13.2 Å². The molecule has 0 aromatic heterocycles.